The molecule has 0 atom stereocenters. The molecule has 1 aliphatic heterocycles. The lowest BCUT2D eigenvalue weighted by atomic mass is 10.1. The zero-order valence-corrected chi connectivity index (χ0v) is 17.5. The minimum atomic E-state index is -0.610. The molecule has 3 aromatic rings. The third-order valence-corrected chi connectivity index (χ3v) is 5.32. The Balaban J connectivity index is 1.49. The topological polar surface area (TPSA) is 100 Å². The summed E-state index contributed by atoms with van der Waals surface area (Å²) in [7, 11) is 0. The van der Waals surface area contributed by atoms with Crippen LogP contribution in [-0.4, -0.2) is 23.3 Å². The number of nitrogens with two attached hydrogens (primary N) is 1. The maximum atomic E-state index is 13.4. The predicted octanol–water partition coefficient (Wildman–Crippen LogP) is 4.19. The SMILES string of the molecule is NC(=O)c1cnc(Nc2ccc(N3CCCCC3=O)cc2)cc1NCc1cccc(F)c1. The van der Waals surface area contributed by atoms with Crippen molar-refractivity contribution >= 4 is 34.7 Å². The summed E-state index contributed by atoms with van der Waals surface area (Å²) in [4.78, 5) is 30.0. The zero-order valence-electron chi connectivity index (χ0n) is 17.5. The van der Waals surface area contributed by atoms with E-state index in [-0.39, 0.29) is 17.3 Å². The minimum absolute atomic E-state index is 0.148. The second-order valence-electron chi connectivity index (χ2n) is 7.64. The largest absolute Gasteiger partial charge is 0.380 e. The zero-order chi connectivity index (χ0) is 22.5. The summed E-state index contributed by atoms with van der Waals surface area (Å²) in [5.74, 6) is -0.277. The molecule has 2 heterocycles. The van der Waals surface area contributed by atoms with E-state index in [1.807, 2.05) is 29.2 Å². The molecule has 4 N–H and O–H groups in total. The summed E-state index contributed by atoms with van der Waals surface area (Å²) < 4.78 is 13.4. The highest BCUT2D eigenvalue weighted by Crippen LogP contribution is 2.26. The van der Waals surface area contributed by atoms with Gasteiger partial charge in [0.05, 0.1) is 11.3 Å². The molecule has 0 radical (unpaired) electrons. The number of hydrogen-bond acceptors (Lipinski definition) is 5. The number of carbonyl (C=O) groups is 2. The van der Waals surface area contributed by atoms with Gasteiger partial charge in [-0.25, -0.2) is 9.37 Å². The third-order valence-electron chi connectivity index (χ3n) is 5.32. The Morgan fingerprint density at radius 3 is 2.66 bits per heavy atom. The van der Waals surface area contributed by atoms with Crippen LogP contribution in [0, 0.1) is 5.82 Å². The van der Waals surface area contributed by atoms with Gasteiger partial charge < -0.3 is 21.3 Å². The molecule has 0 aliphatic carbocycles. The van der Waals surface area contributed by atoms with Crippen molar-refractivity contribution in [1.82, 2.24) is 4.98 Å². The molecule has 0 unspecified atom stereocenters. The average molecular weight is 433 g/mol. The summed E-state index contributed by atoms with van der Waals surface area (Å²) in [5.41, 5.74) is 8.60. The number of aromatic nitrogens is 1. The van der Waals surface area contributed by atoms with Crippen LogP contribution in [0.25, 0.3) is 0 Å². The van der Waals surface area contributed by atoms with Crippen molar-refractivity contribution < 1.29 is 14.0 Å². The Morgan fingerprint density at radius 1 is 1.12 bits per heavy atom. The first-order chi connectivity index (χ1) is 15.5. The highest BCUT2D eigenvalue weighted by Gasteiger charge is 2.19. The summed E-state index contributed by atoms with van der Waals surface area (Å²) in [6, 6.07) is 15.4. The molecular weight excluding hydrogens is 409 g/mol. The molecule has 8 heteroatoms. The van der Waals surface area contributed by atoms with E-state index in [0.29, 0.717) is 24.5 Å². The number of halogens is 1. The number of anilines is 4. The Hall–Kier alpha value is -3.94. The lowest BCUT2D eigenvalue weighted by Crippen LogP contribution is -2.35. The van der Waals surface area contributed by atoms with Gasteiger partial charge in [0.15, 0.2) is 0 Å². The van der Waals surface area contributed by atoms with Crippen molar-refractivity contribution in [3.63, 3.8) is 0 Å². The first-order valence-corrected chi connectivity index (χ1v) is 10.5. The van der Waals surface area contributed by atoms with E-state index in [1.54, 1.807) is 18.2 Å². The van der Waals surface area contributed by atoms with Crippen LogP contribution >= 0.6 is 0 Å². The second-order valence-corrected chi connectivity index (χ2v) is 7.64. The third kappa shape index (κ3) is 5.03. The number of nitrogens with zero attached hydrogens (tertiary/aromatic N) is 2. The lowest BCUT2D eigenvalue weighted by molar-refractivity contribution is -0.119. The molecule has 1 aliphatic rings. The predicted molar refractivity (Wildman–Crippen MR) is 122 cm³/mol. The quantitative estimate of drug-likeness (QED) is 0.519. The van der Waals surface area contributed by atoms with Gasteiger partial charge in [-0.15, -0.1) is 0 Å². The molecule has 7 nitrogen and oxygen atoms in total. The molecule has 4 rings (SSSR count). The maximum absolute atomic E-state index is 13.4. The smallest absolute Gasteiger partial charge is 0.252 e. The minimum Gasteiger partial charge on any atom is -0.380 e. The summed E-state index contributed by atoms with van der Waals surface area (Å²) in [6.07, 6.45) is 3.94. The van der Waals surface area contributed by atoms with Crippen LogP contribution in [0.15, 0.2) is 60.8 Å². The molecule has 1 fully saturated rings. The number of piperidine rings is 1. The van der Waals surface area contributed by atoms with Gasteiger partial charge in [0.2, 0.25) is 5.91 Å². The number of amides is 2. The number of pyridine rings is 1. The first-order valence-electron chi connectivity index (χ1n) is 10.5. The number of nitrogens with one attached hydrogen (secondary N) is 2. The van der Waals surface area contributed by atoms with Crippen LogP contribution in [-0.2, 0) is 11.3 Å². The Labute approximate surface area is 185 Å². The van der Waals surface area contributed by atoms with Gasteiger partial charge in [0.1, 0.15) is 11.6 Å². The Bertz CT molecular complexity index is 1130. The van der Waals surface area contributed by atoms with E-state index in [9.17, 15) is 14.0 Å². The number of hydrogen-bond donors (Lipinski definition) is 3. The van der Waals surface area contributed by atoms with Crippen molar-refractivity contribution in [2.75, 3.05) is 22.1 Å². The van der Waals surface area contributed by atoms with Gasteiger partial charge in [-0.05, 0) is 54.8 Å². The second kappa shape index (κ2) is 9.47. The van der Waals surface area contributed by atoms with Crippen molar-refractivity contribution in [3.05, 3.63) is 77.7 Å². The van der Waals surface area contributed by atoms with Crippen LogP contribution in [0.5, 0.6) is 0 Å². The van der Waals surface area contributed by atoms with Crippen LogP contribution in [0.1, 0.15) is 35.2 Å². The molecule has 1 saturated heterocycles. The van der Waals surface area contributed by atoms with E-state index in [1.165, 1.54) is 18.3 Å². The molecule has 0 bridgehead atoms. The fourth-order valence-electron chi connectivity index (χ4n) is 3.66. The number of benzene rings is 2. The number of carbonyl (C=O) groups excluding carboxylic acids is 2. The summed E-state index contributed by atoms with van der Waals surface area (Å²) in [5, 5.41) is 6.32. The molecule has 2 amide bonds. The van der Waals surface area contributed by atoms with Gasteiger partial charge in [-0.3, -0.25) is 9.59 Å². The van der Waals surface area contributed by atoms with Crippen LogP contribution in [0.4, 0.5) is 27.3 Å². The van der Waals surface area contributed by atoms with Crippen molar-refractivity contribution in [2.24, 2.45) is 5.73 Å². The monoisotopic (exact) mass is 433 g/mol. The van der Waals surface area contributed by atoms with Crippen molar-refractivity contribution in [3.8, 4) is 0 Å². The molecule has 32 heavy (non-hydrogen) atoms. The van der Waals surface area contributed by atoms with Crippen LogP contribution in [0.2, 0.25) is 0 Å². The highest BCUT2D eigenvalue weighted by molar-refractivity contribution is 5.98. The number of primary amides is 1. The maximum Gasteiger partial charge on any atom is 0.252 e. The van der Waals surface area contributed by atoms with E-state index in [2.05, 4.69) is 15.6 Å². The molecule has 0 saturated carbocycles. The van der Waals surface area contributed by atoms with E-state index in [4.69, 9.17) is 5.73 Å². The van der Waals surface area contributed by atoms with Gasteiger partial charge in [-0.2, -0.15) is 0 Å². The molecule has 1 aromatic heterocycles. The van der Waals surface area contributed by atoms with Gasteiger partial charge in [0, 0.05) is 43.1 Å². The first kappa shape index (κ1) is 21.3. The molecule has 2 aromatic carbocycles. The summed E-state index contributed by atoms with van der Waals surface area (Å²) in [6.45, 7) is 1.06. The fourth-order valence-corrected chi connectivity index (χ4v) is 3.66. The molecular formula is C24H24FN5O2. The Kier molecular flexibility index (Phi) is 6.30. The fraction of sp³-hybridized carbons (Fsp3) is 0.208. The standard InChI is InChI=1S/C24H24FN5O2/c25-17-5-3-4-16(12-17)14-27-21-13-22(28-15-20(21)24(26)32)29-18-7-9-19(10-8-18)30-11-2-1-6-23(30)31/h3-5,7-10,12-13,15H,1-2,6,11,14H2,(H2,26,32)(H2,27,28,29). The summed E-state index contributed by atoms with van der Waals surface area (Å²) >= 11 is 0. The lowest BCUT2D eigenvalue weighted by Gasteiger charge is -2.26. The normalized spacial score (nSPS) is 13.7. The average Bonchev–Trinajstić information content (AvgIpc) is 2.79. The van der Waals surface area contributed by atoms with E-state index >= 15 is 0 Å². The van der Waals surface area contributed by atoms with Gasteiger partial charge in [-0.1, -0.05) is 12.1 Å². The van der Waals surface area contributed by atoms with E-state index in [0.717, 1.165) is 36.3 Å². The Morgan fingerprint density at radius 2 is 1.94 bits per heavy atom. The van der Waals surface area contributed by atoms with Crippen molar-refractivity contribution in [1.29, 1.82) is 0 Å². The van der Waals surface area contributed by atoms with Crippen LogP contribution in [0.3, 0.4) is 0 Å². The van der Waals surface area contributed by atoms with E-state index < -0.39 is 5.91 Å². The molecule has 0 spiro atoms. The highest BCUT2D eigenvalue weighted by atomic mass is 19.1. The molecule has 164 valence electrons. The van der Waals surface area contributed by atoms with Gasteiger partial charge >= 0.3 is 0 Å². The van der Waals surface area contributed by atoms with Gasteiger partial charge in [0.25, 0.3) is 5.91 Å². The van der Waals surface area contributed by atoms with Crippen LogP contribution < -0.4 is 21.3 Å². The van der Waals surface area contributed by atoms with Crippen molar-refractivity contribution in [2.45, 2.75) is 25.8 Å². The number of rotatable bonds is 7.